The highest BCUT2D eigenvalue weighted by atomic mass is 127. The average molecular weight is 504 g/mol. The molecule has 152 valence electrons. The van der Waals surface area contributed by atoms with Crippen molar-refractivity contribution in [3.05, 3.63) is 30.3 Å². The zero-order chi connectivity index (χ0) is 18.2. The second-order valence-electron chi connectivity index (χ2n) is 7.17. The SMILES string of the molecule is CCNC(=NCC1(Sc2ccccc2)CC1)NCC(C)N1CCOCC1.I. The van der Waals surface area contributed by atoms with Crippen LogP contribution >= 0.6 is 35.7 Å². The van der Waals surface area contributed by atoms with E-state index in [1.54, 1.807) is 0 Å². The van der Waals surface area contributed by atoms with Crippen LogP contribution in [0.1, 0.15) is 26.7 Å². The van der Waals surface area contributed by atoms with Gasteiger partial charge in [-0.2, -0.15) is 0 Å². The molecule has 27 heavy (non-hydrogen) atoms. The van der Waals surface area contributed by atoms with Crippen molar-refractivity contribution >= 4 is 41.7 Å². The monoisotopic (exact) mass is 504 g/mol. The largest absolute Gasteiger partial charge is 0.379 e. The Bertz CT molecular complexity index is 577. The zero-order valence-corrected chi connectivity index (χ0v) is 19.6. The molecule has 1 aromatic rings. The Labute approximate surface area is 185 Å². The van der Waals surface area contributed by atoms with E-state index in [0.717, 1.165) is 51.9 Å². The summed E-state index contributed by atoms with van der Waals surface area (Å²) in [7, 11) is 0. The number of aliphatic imine (C=N–C) groups is 1. The van der Waals surface area contributed by atoms with E-state index in [0.29, 0.717) is 10.8 Å². The minimum atomic E-state index is 0. The number of hydrogen-bond acceptors (Lipinski definition) is 4. The van der Waals surface area contributed by atoms with Gasteiger partial charge in [-0.1, -0.05) is 18.2 Å². The average Bonchev–Trinajstić information content (AvgIpc) is 3.45. The number of morpholine rings is 1. The van der Waals surface area contributed by atoms with Crippen LogP contribution in [0.4, 0.5) is 0 Å². The molecule has 2 aliphatic rings. The highest BCUT2D eigenvalue weighted by Crippen LogP contribution is 2.51. The number of rotatable bonds is 8. The lowest BCUT2D eigenvalue weighted by Gasteiger charge is -2.32. The fourth-order valence-corrected chi connectivity index (χ4v) is 4.36. The van der Waals surface area contributed by atoms with E-state index in [9.17, 15) is 0 Å². The molecule has 1 unspecified atom stereocenters. The molecule has 1 saturated heterocycles. The molecular formula is C20H33IN4OS. The number of benzene rings is 1. The number of nitrogens with one attached hydrogen (secondary N) is 2. The van der Waals surface area contributed by atoms with Crippen molar-refractivity contribution in [2.75, 3.05) is 45.9 Å². The fraction of sp³-hybridized carbons (Fsp3) is 0.650. The van der Waals surface area contributed by atoms with Crippen LogP contribution in [-0.4, -0.2) is 67.6 Å². The lowest BCUT2D eigenvalue weighted by atomic mass is 10.2. The molecular weight excluding hydrogens is 471 g/mol. The summed E-state index contributed by atoms with van der Waals surface area (Å²) < 4.78 is 5.74. The van der Waals surface area contributed by atoms with Crippen molar-refractivity contribution in [1.29, 1.82) is 0 Å². The van der Waals surface area contributed by atoms with Gasteiger partial charge < -0.3 is 15.4 Å². The first-order chi connectivity index (χ1) is 12.7. The number of halogens is 1. The lowest BCUT2D eigenvalue weighted by Crippen LogP contribution is -2.49. The van der Waals surface area contributed by atoms with Gasteiger partial charge in [-0.3, -0.25) is 9.89 Å². The highest BCUT2D eigenvalue weighted by molar-refractivity contribution is 14.0. The van der Waals surface area contributed by atoms with Crippen LogP contribution in [-0.2, 0) is 4.74 Å². The van der Waals surface area contributed by atoms with Crippen LogP contribution in [0.3, 0.4) is 0 Å². The zero-order valence-electron chi connectivity index (χ0n) is 16.4. The van der Waals surface area contributed by atoms with Crippen molar-refractivity contribution in [3.63, 3.8) is 0 Å². The lowest BCUT2D eigenvalue weighted by molar-refractivity contribution is 0.0211. The van der Waals surface area contributed by atoms with Gasteiger partial charge in [-0.05, 0) is 38.8 Å². The van der Waals surface area contributed by atoms with E-state index < -0.39 is 0 Å². The maximum absolute atomic E-state index is 5.45. The Morgan fingerprint density at radius 2 is 1.93 bits per heavy atom. The van der Waals surface area contributed by atoms with Crippen LogP contribution in [0.5, 0.6) is 0 Å². The number of guanidine groups is 1. The summed E-state index contributed by atoms with van der Waals surface area (Å²) in [6.07, 6.45) is 2.50. The number of hydrogen-bond donors (Lipinski definition) is 2. The second-order valence-corrected chi connectivity index (χ2v) is 8.71. The van der Waals surface area contributed by atoms with Crippen molar-refractivity contribution in [2.45, 2.75) is 42.4 Å². The van der Waals surface area contributed by atoms with Crippen molar-refractivity contribution < 1.29 is 4.74 Å². The summed E-state index contributed by atoms with van der Waals surface area (Å²) in [6, 6.07) is 11.2. The minimum absolute atomic E-state index is 0. The van der Waals surface area contributed by atoms with Crippen LogP contribution in [0, 0.1) is 0 Å². The highest BCUT2D eigenvalue weighted by Gasteiger charge is 2.43. The number of ether oxygens (including phenoxy) is 1. The quantitative estimate of drug-likeness (QED) is 0.324. The van der Waals surface area contributed by atoms with Crippen LogP contribution < -0.4 is 10.6 Å². The maximum Gasteiger partial charge on any atom is 0.191 e. The van der Waals surface area contributed by atoms with Gasteiger partial charge >= 0.3 is 0 Å². The van der Waals surface area contributed by atoms with E-state index in [4.69, 9.17) is 9.73 Å². The van der Waals surface area contributed by atoms with E-state index in [-0.39, 0.29) is 24.0 Å². The molecule has 2 N–H and O–H groups in total. The van der Waals surface area contributed by atoms with E-state index in [2.05, 4.69) is 59.7 Å². The van der Waals surface area contributed by atoms with E-state index >= 15 is 0 Å². The Balaban J connectivity index is 0.00000261. The smallest absolute Gasteiger partial charge is 0.191 e. The third-order valence-corrected chi connectivity index (χ3v) is 6.47. The maximum atomic E-state index is 5.45. The first kappa shape index (κ1) is 22.8. The molecule has 7 heteroatoms. The van der Waals surface area contributed by atoms with E-state index in [1.807, 2.05) is 11.8 Å². The molecule has 3 rings (SSSR count). The van der Waals surface area contributed by atoms with Gasteiger partial charge in [0.05, 0.1) is 19.8 Å². The minimum Gasteiger partial charge on any atom is -0.379 e. The Morgan fingerprint density at radius 3 is 2.56 bits per heavy atom. The van der Waals surface area contributed by atoms with Gasteiger partial charge in [0.25, 0.3) is 0 Å². The Kier molecular flexibility index (Phi) is 9.69. The van der Waals surface area contributed by atoms with Crippen molar-refractivity contribution in [2.24, 2.45) is 4.99 Å². The van der Waals surface area contributed by atoms with Gasteiger partial charge in [0.15, 0.2) is 5.96 Å². The molecule has 0 bridgehead atoms. The summed E-state index contributed by atoms with van der Waals surface area (Å²) >= 11 is 1.98. The summed E-state index contributed by atoms with van der Waals surface area (Å²) in [6.45, 7) is 10.8. The van der Waals surface area contributed by atoms with Crippen LogP contribution in [0.2, 0.25) is 0 Å². The summed E-state index contributed by atoms with van der Waals surface area (Å²) in [5.41, 5.74) is 0. The molecule has 0 aromatic heterocycles. The number of thioether (sulfide) groups is 1. The van der Waals surface area contributed by atoms with Crippen molar-refractivity contribution in [3.8, 4) is 0 Å². The van der Waals surface area contributed by atoms with Gasteiger partial charge in [0.1, 0.15) is 0 Å². The first-order valence-electron chi connectivity index (χ1n) is 9.79. The fourth-order valence-electron chi connectivity index (χ4n) is 3.13. The summed E-state index contributed by atoms with van der Waals surface area (Å²) in [4.78, 5) is 8.72. The molecule has 5 nitrogen and oxygen atoms in total. The van der Waals surface area contributed by atoms with E-state index in [1.165, 1.54) is 17.7 Å². The molecule has 0 spiro atoms. The normalized spacial score (nSPS) is 20.4. The van der Waals surface area contributed by atoms with Crippen molar-refractivity contribution in [1.82, 2.24) is 15.5 Å². The second kappa shape index (κ2) is 11.5. The first-order valence-corrected chi connectivity index (χ1v) is 10.6. The standard InChI is InChI=1S/C20H32N4OS.HI/c1-3-21-19(22-15-17(2)24-11-13-25-14-12-24)23-16-20(9-10-20)26-18-7-5-4-6-8-18;/h4-8,17H,3,9-16H2,1-2H3,(H2,21,22,23);1H. The molecule has 1 heterocycles. The third kappa shape index (κ3) is 7.44. The summed E-state index contributed by atoms with van der Waals surface area (Å²) in [5, 5.41) is 6.92. The van der Waals surface area contributed by atoms with Gasteiger partial charge in [-0.25, -0.2) is 0 Å². The van der Waals surface area contributed by atoms with Crippen LogP contribution in [0.15, 0.2) is 40.2 Å². The Hall–Kier alpha value is -0.510. The predicted molar refractivity (Wildman–Crippen MR) is 126 cm³/mol. The molecule has 1 aromatic carbocycles. The molecule has 0 amide bonds. The van der Waals surface area contributed by atoms with Gasteiger partial charge in [0, 0.05) is 41.9 Å². The summed E-state index contributed by atoms with van der Waals surface area (Å²) in [5.74, 6) is 0.938. The van der Waals surface area contributed by atoms with Crippen LogP contribution in [0.25, 0.3) is 0 Å². The number of nitrogens with zero attached hydrogens (tertiary/aromatic N) is 2. The molecule has 1 aliphatic carbocycles. The predicted octanol–water partition coefficient (Wildman–Crippen LogP) is 3.21. The van der Waals surface area contributed by atoms with Gasteiger partial charge in [-0.15, -0.1) is 35.7 Å². The molecule has 1 aliphatic heterocycles. The third-order valence-electron chi connectivity index (χ3n) is 4.99. The topological polar surface area (TPSA) is 48.9 Å². The molecule has 1 saturated carbocycles. The Morgan fingerprint density at radius 1 is 1.22 bits per heavy atom. The van der Waals surface area contributed by atoms with Gasteiger partial charge in [0.2, 0.25) is 0 Å². The molecule has 2 fully saturated rings. The molecule has 0 radical (unpaired) electrons. The molecule has 1 atom stereocenters.